The van der Waals surface area contributed by atoms with Gasteiger partial charge in [0.15, 0.2) is 5.54 Å². The number of carboxylic acid groups (broad SMARTS) is 1. The average Bonchev–Trinajstić information content (AvgIpc) is 2.67. The second-order valence-corrected chi connectivity index (χ2v) is 4.36. The number of hydrogen-bond acceptors (Lipinski definition) is 4. The maximum absolute atomic E-state index is 11.8. The Bertz CT molecular complexity index is 294. The van der Waals surface area contributed by atoms with Crippen molar-refractivity contribution in [3.05, 3.63) is 0 Å². The van der Waals surface area contributed by atoms with E-state index in [1.807, 2.05) is 0 Å². The van der Waals surface area contributed by atoms with Gasteiger partial charge in [0.2, 0.25) is 0 Å². The monoisotopic (exact) mass is 231 g/mol. The zero-order valence-corrected chi connectivity index (χ0v) is 9.70. The van der Waals surface area contributed by atoms with Crippen molar-refractivity contribution >= 4 is 11.9 Å². The molecule has 6 nitrogen and oxygen atoms in total. The molecule has 1 rings (SSSR count). The lowest BCUT2D eigenvalue weighted by atomic mass is 9.97. The minimum Gasteiger partial charge on any atom is -0.479 e. The summed E-state index contributed by atoms with van der Waals surface area (Å²) in [6, 6.07) is 0. The van der Waals surface area contributed by atoms with Crippen LogP contribution in [0.3, 0.4) is 0 Å². The van der Waals surface area contributed by atoms with Crippen LogP contribution in [0.2, 0.25) is 0 Å². The van der Waals surface area contributed by atoms with Crippen molar-refractivity contribution in [2.75, 3.05) is 20.3 Å². The number of nitrogens with one attached hydrogen (secondary N) is 1. The van der Waals surface area contributed by atoms with Gasteiger partial charge in [0.25, 0.3) is 5.91 Å². The van der Waals surface area contributed by atoms with Crippen LogP contribution in [0.15, 0.2) is 0 Å². The Morgan fingerprint density at radius 1 is 1.50 bits per heavy atom. The minimum absolute atomic E-state index is 0.00608. The molecule has 6 heteroatoms. The van der Waals surface area contributed by atoms with Gasteiger partial charge in [0, 0.05) is 20.1 Å². The first kappa shape index (κ1) is 12.9. The van der Waals surface area contributed by atoms with Crippen molar-refractivity contribution in [3.63, 3.8) is 0 Å². The third kappa shape index (κ3) is 2.33. The van der Waals surface area contributed by atoms with E-state index in [2.05, 4.69) is 5.32 Å². The summed E-state index contributed by atoms with van der Waals surface area (Å²) in [4.78, 5) is 22.9. The first-order valence-electron chi connectivity index (χ1n) is 5.03. The summed E-state index contributed by atoms with van der Waals surface area (Å²) in [5.41, 5.74) is -2.36. The number of hydrogen-bond donors (Lipinski definition) is 2. The topological polar surface area (TPSA) is 84.9 Å². The van der Waals surface area contributed by atoms with Crippen LogP contribution in [0.1, 0.15) is 20.3 Å². The number of carboxylic acids is 1. The van der Waals surface area contributed by atoms with Crippen molar-refractivity contribution < 1.29 is 24.2 Å². The van der Waals surface area contributed by atoms with Gasteiger partial charge in [-0.2, -0.15) is 0 Å². The number of ether oxygens (including phenoxy) is 2. The zero-order valence-electron chi connectivity index (χ0n) is 9.70. The highest BCUT2D eigenvalue weighted by molar-refractivity contribution is 5.91. The fraction of sp³-hybridized carbons (Fsp3) is 0.800. The molecule has 1 heterocycles. The van der Waals surface area contributed by atoms with E-state index >= 15 is 0 Å². The fourth-order valence-electron chi connectivity index (χ4n) is 1.35. The predicted molar refractivity (Wildman–Crippen MR) is 55.0 cm³/mol. The van der Waals surface area contributed by atoms with Gasteiger partial charge >= 0.3 is 5.97 Å². The fourth-order valence-corrected chi connectivity index (χ4v) is 1.35. The van der Waals surface area contributed by atoms with Crippen LogP contribution in [0.25, 0.3) is 0 Å². The molecular formula is C10H17NO5. The Morgan fingerprint density at radius 2 is 2.12 bits per heavy atom. The van der Waals surface area contributed by atoms with Crippen LogP contribution >= 0.6 is 0 Å². The molecule has 1 amide bonds. The molecule has 1 saturated heterocycles. The molecule has 92 valence electrons. The summed E-state index contributed by atoms with van der Waals surface area (Å²) in [6.07, 6.45) is 0.272. The van der Waals surface area contributed by atoms with E-state index in [1.54, 1.807) is 13.8 Å². The summed E-state index contributed by atoms with van der Waals surface area (Å²) < 4.78 is 10.0. The second-order valence-electron chi connectivity index (χ2n) is 4.36. The molecule has 0 aliphatic carbocycles. The molecule has 16 heavy (non-hydrogen) atoms. The van der Waals surface area contributed by atoms with Gasteiger partial charge in [-0.15, -0.1) is 0 Å². The normalized spacial score (nSPS) is 25.4. The molecular weight excluding hydrogens is 214 g/mol. The van der Waals surface area contributed by atoms with Crippen LogP contribution in [0.5, 0.6) is 0 Å². The number of rotatable bonds is 4. The Labute approximate surface area is 93.9 Å². The summed E-state index contributed by atoms with van der Waals surface area (Å²) in [7, 11) is 1.40. The number of carbonyl (C=O) groups is 2. The molecule has 2 N–H and O–H groups in total. The molecule has 1 aliphatic rings. The standard InChI is InChI=1S/C10H17NO5/c1-9(2,15-3)7(12)11-10(8(13)14)4-5-16-6-10/h4-6H2,1-3H3,(H,11,12)(H,13,14). The van der Waals surface area contributed by atoms with Crippen LogP contribution < -0.4 is 5.32 Å². The first-order chi connectivity index (χ1) is 7.34. The van der Waals surface area contributed by atoms with Gasteiger partial charge in [-0.1, -0.05) is 0 Å². The molecule has 0 radical (unpaired) electrons. The number of methoxy groups -OCH3 is 1. The smallest absolute Gasteiger partial charge is 0.331 e. The van der Waals surface area contributed by atoms with Crippen molar-refractivity contribution in [1.29, 1.82) is 0 Å². The van der Waals surface area contributed by atoms with Gasteiger partial charge in [-0.25, -0.2) is 4.79 Å². The first-order valence-corrected chi connectivity index (χ1v) is 5.03. The van der Waals surface area contributed by atoms with E-state index in [9.17, 15) is 9.59 Å². The van der Waals surface area contributed by atoms with E-state index in [4.69, 9.17) is 14.6 Å². The molecule has 0 saturated carbocycles. The molecule has 1 unspecified atom stereocenters. The summed E-state index contributed by atoms with van der Waals surface area (Å²) >= 11 is 0. The van der Waals surface area contributed by atoms with E-state index in [1.165, 1.54) is 7.11 Å². The SMILES string of the molecule is COC(C)(C)C(=O)NC1(C(=O)O)CCOC1. The Kier molecular flexibility index (Phi) is 3.54. The highest BCUT2D eigenvalue weighted by Crippen LogP contribution is 2.20. The highest BCUT2D eigenvalue weighted by Gasteiger charge is 2.46. The van der Waals surface area contributed by atoms with E-state index in [-0.39, 0.29) is 13.0 Å². The lowest BCUT2D eigenvalue weighted by Crippen LogP contribution is -2.59. The van der Waals surface area contributed by atoms with E-state index in [0.29, 0.717) is 6.61 Å². The van der Waals surface area contributed by atoms with Crippen molar-refractivity contribution in [1.82, 2.24) is 5.32 Å². The largest absolute Gasteiger partial charge is 0.479 e. The van der Waals surface area contributed by atoms with Crippen LogP contribution in [-0.4, -0.2) is 48.4 Å². The quantitative estimate of drug-likeness (QED) is 0.698. The Morgan fingerprint density at radius 3 is 2.50 bits per heavy atom. The lowest BCUT2D eigenvalue weighted by molar-refractivity contribution is -0.152. The number of amides is 1. The van der Waals surface area contributed by atoms with Gasteiger partial charge in [-0.3, -0.25) is 4.79 Å². The predicted octanol–water partition coefficient (Wildman–Crippen LogP) is -0.229. The maximum atomic E-state index is 11.8. The molecule has 1 fully saturated rings. The molecule has 0 aromatic heterocycles. The molecule has 1 atom stereocenters. The molecule has 1 aliphatic heterocycles. The molecule has 0 bridgehead atoms. The summed E-state index contributed by atoms with van der Waals surface area (Å²) in [6.45, 7) is 3.48. The third-order valence-corrected chi connectivity index (χ3v) is 2.84. The van der Waals surface area contributed by atoms with E-state index < -0.39 is 23.0 Å². The minimum atomic E-state index is -1.31. The van der Waals surface area contributed by atoms with Gasteiger partial charge in [0.05, 0.1) is 6.61 Å². The number of aliphatic carboxylic acids is 1. The maximum Gasteiger partial charge on any atom is 0.331 e. The lowest BCUT2D eigenvalue weighted by Gasteiger charge is -2.29. The van der Waals surface area contributed by atoms with Crippen molar-refractivity contribution in [3.8, 4) is 0 Å². The molecule has 0 aromatic rings. The van der Waals surface area contributed by atoms with Crippen LogP contribution in [0.4, 0.5) is 0 Å². The summed E-state index contributed by atoms with van der Waals surface area (Å²) in [5.74, 6) is -1.53. The van der Waals surface area contributed by atoms with Crippen molar-refractivity contribution in [2.24, 2.45) is 0 Å². The molecule has 0 aromatic carbocycles. The van der Waals surface area contributed by atoms with Crippen molar-refractivity contribution in [2.45, 2.75) is 31.4 Å². The average molecular weight is 231 g/mol. The zero-order chi connectivity index (χ0) is 12.4. The Hall–Kier alpha value is -1.14. The van der Waals surface area contributed by atoms with Gasteiger partial charge in [0.1, 0.15) is 5.60 Å². The molecule has 0 spiro atoms. The van der Waals surface area contributed by atoms with Gasteiger partial charge in [-0.05, 0) is 13.8 Å². The van der Waals surface area contributed by atoms with E-state index in [0.717, 1.165) is 0 Å². The summed E-state index contributed by atoms with van der Waals surface area (Å²) in [5, 5.41) is 11.6. The highest BCUT2D eigenvalue weighted by atomic mass is 16.5. The van der Waals surface area contributed by atoms with Gasteiger partial charge < -0.3 is 19.9 Å². The number of carbonyl (C=O) groups excluding carboxylic acids is 1. The second kappa shape index (κ2) is 4.39. The Balaban J connectivity index is 2.78. The third-order valence-electron chi connectivity index (χ3n) is 2.84. The van der Waals surface area contributed by atoms with Crippen LogP contribution in [-0.2, 0) is 19.1 Å². The van der Waals surface area contributed by atoms with Crippen LogP contribution in [0, 0.1) is 0 Å².